The van der Waals surface area contributed by atoms with Crippen molar-refractivity contribution in [3.05, 3.63) is 466 Å². The minimum absolute atomic E-state index is 0. The number of pyridine rings is 7. The molecule has 6 radical (unpaired) electrons. The van der Waals surface area contributed by atoms with E-state index in [-0.39, 0.29) is 155 Å². The molecule has 710 valence electrons. The maximum Gasteiger partial charge on any atom is 0.164 e. The van der Waals surface area contributed by atoms with E-state index in [1.807, 2.05) is 248 Å². The molecule has 139 heavy (non-hydrogen) atoms. The van der Waals surface area contributed by atoms with Crippen LogP contribution >= 0.6 is 22.7 Å². The zero-order valence-corrected chi connectivity index (χ0v) is 93.8. The molecule has 9 heterocycles. The Kier molecular flexibility index (Phi) is 44.3. The van der Waals surface area contributed by atoms with Gasteiger partial charge in [0.05, 0.1) is 11.3 Å². The van der Waals surface area contributed by atoms with Gasteiger partial charge >= 0.3 is 0 Å². The number of ketones is 2. The van der Waals surface area contributed by atoms with Crippen LogP contribution < -0.4 is 0 Å². The zero-order chi connectivity index (χ0) is 93.1. The van der Waals surface area contributed by atoms with Crippen LogP contribution in [-0.4, -0.2) is 56.7 Å². The molecule has 0 fully saturated rings. The summed E-state index contributed by atoms with van der Waals surface area (Å²) in [5, 5.41) is 31.6. The Bertz CT molecular complexity index is 7240. The van der Waals surface area contributed by atoms with Gasteiger partial charge in [0.15, 0.2) is 11.6 Å². The van der Waals surface area contributed by atoms with E-state index in [0.717, 1.165) is 93.2 Å². The number of carbonyl (C=O) groups is 2. The molecule has 0 amide bonds. The Labute approximate surface area is 903 Å². The molecule has 1 aliphatic rings. The van der Waals surface area contributed by atoms with Gasteiger partial charge in [0.2, 0.25) is 0 Å². The largest absolute Gasteiger partial charge is 0.512 e. The number of aromatic nitrogens is 7. The third-order valence-corrected chi connectivity index (χ3v) is 23.4. The number of hydrogen-bond acceptors (Lipinski definition) is 13. The van der Waals surface area contributed by atoms with E-state index in [4.69, 9.17) is 5.11 Å². The van der Waals surface area contributed by atoms with Crippen LogP contribution in [0.4, 0.5) is 0 Å². The van der Waals surface area contributed by atoms with E-state index < -0.39 is 5.41 Å². The monoisotopic (exact) mass is 2920 g/mol. The first kappa shape index (κ1) is 113. The minimum atomic E-state index is -0.417. The van der Waals surface area contributed by atoms with E-state index in [1.165, 1.54) is 96.2 Å². The van der Waals surface area contributed by atoms with Crippen LogP contribution in [0.2, 0.25) is 0 Å². The van der Waals surface area contributed by atoms with Gasteiger partial charge in [0.1, 0.15) is 5.76 Å². The molecule has 11 nitrogen and oxygen atoms in total. The van der Waals surface area contributed by atoms with Gasteiger partial charge in [-0.25, -0.2) is 22.7 Å². The quantitative estimate of drug-likeness (QED) is 0.0644. The number of carbonyl (C=O) groups excluding carboxylic acids is 2. The molecule has 12 aromatic carbocycles. The summed E-state index contributed by atoms with van der Waals surface area (Å²) in [5.74, 6) is 0.0415. The maximum atomic E-state index is 11.5. The van der Waals surface area contributed by atoms with E-state index in [1.54, 1.807) is 35.1 Å². The van der Waals surface area contributed by atoms with Gasteiger partial charge in [0.25, 0.3) is 0 Å². The zero-order valence-electron chi connectivity index (χ0n) is 77.8. The average molecular weight is 2920 g/mol. The fourth-order valence-corrected chi connectivity index (χ4v) is 16.1. The summed E-state index contributed by atoms with van der Waals surface area (Å²) in [6, 6.07) is 139. The van der Waals surface area contributed by atoms with Gasteiger partial charge in [-0.3, -0.25) is 14.6 Å². The Morgan fingerprint density at radius 3 is 1.47 bits per heavy atom. The summed E-state index contributed by atoms with van der Waals surface area (Å²) in [7, 11) is 0. The average Bonchev–Trinajstić information content (AvgIpc) is 1.58. The standard InChI is InChI=1S/C24H18N.C19H12NS.C15H10N.2C13H8N.C11H8N.C11H20O2.C9H6NS.C5H8O2.6Ir/c1-24(2)21-10-6-5-9-19(21)20-12-11-17(15-22(20)24)23-18-8-4-3-7-16(18)13-14-25-23;1-2-6-14(7-3-1)16-10-11-17(20-13-16)19-12-15-8-4-5-9-18(15)21-19;1-2-6-12(7-3-1)15-11-10-13-8-4-5-9-14(13)16-15;2*1-2-6-12-10(4-1)7-8-11-5-3-9-14-13(11)12;1-2-6-10(7-3-1)11-8-4-5-9-12-11;1-10(2,3)8(12)7-9(13)11(4,5)6;1-2-6-10-8(4-1)9-5-3-7-11-9;1-4(6)3-5(2)7;;;;;;/h3-10,12-15H,1-2H3;1-11,13H;1-6,8-11H;2*1-5,7-9H;1-6,8-9H;7,12H,1-6H3;1-4,6-7H;3,6H,1-2H3;;;;;;/q6*-1;;-1;;;;;;;. The van der Waals surface area contributed by atoms with Gasteiger partial charge in [-0.05, 0) is 143 Å². The predicted molar refractivity (Wildman–Crippen MR) is 552 cm³/mol. The number of aliphatic hydroxyl groups is 2. The minimum Gasteiger partial charge on any atom is -0.512 e. The number of para-hydroxylation sites is 1. The second kappa shape index (κ2) is 54.7. The number of rotatable bonds is 8. The summed E-state index contributed by atoms with van der Waals surface area (Å²) < 4.78 is 1.25. The smallest absolute Gasteiger partial charge is 0.164 e. The van der Waals surface area contributed by atoms with Crippen molar-refractivity contribution in [1.82, 2.24) is 34.9 Å². The molecule has 0 saturated carbocycles. The summed E-state index contributed by atoms with van der Waals surface area (Å²) in [4.78, 5) is 54.8. The fourth-order valence-electron chi connectivity index (χ4n) is 14.5. The third kappa shape index (κ3) is 30.9. The van der Waals surface area contributed by atoms with Crippen molar-refractivity contribution in [2.45, 2.75) is 74.7 Å². The topological polar surface area (TPSA) is 165 Å². The summed E-state index contributed by atoms with van der Waals surface area (Å²) in [6.45, 7) is 18.6. The number of aliphatic hydroxyl groups excluding tert-OH is 2. The van der Waals surface area contributed by atoms with Crippen LogP contribution in [0, 0.1) is 53.3 Å². The van der Waals surface area contributed by atoms with Crippen molar-refractivity contribution in [3.63, 3.8) is 0 Å². The van der Waals surface area contributed by atoms with Crippen molar-refractivity contribution in [2.24, 2.45) is 10.8 Å². The summed E-state index contributed by atoms with van der Waals surface area (Å²) in [5.41, 5.74) is 18.1. The molecule has 0 bridgehead atoms. The van der Waals surface area contributed by atoms with E-state index >= 15 is 0 Å². The Morgan fingerprint density at radius 1 is 0.381 bits per heavy atom. The van der Waals surface area contributed by atoms with Crippen molar-refractivity contribution >= 4 is 109 Å². The number of fused-ring (bicyclic) bond motifs is 12. The first-order chi connectivity index (χ1) is 64.5. The van der Waals surface area contributed by atoms with Crippen LogP contribution in [0.5, 0.6) is 0 Å². The van der Waals surface area contributed by atoms with Crippen LogP contribution in [0.1, 0.15) is 80.4 Å². The van der Waals surface area contributed by atoms with Crippen molar-refractivity contribution < 1.29 is 140 Å². The molecule has 0 atom stereocenters. The number of allylic oxidation sites excluding steroid dienone is 4. The predicted octanol–water partition coefficient (Wildman–Crippen LogP) is 30.8. The Morgan fingerprint density at radius 2 is 0.906 bits per heavy atom. The molecule has 21 aromatic rings. The second-order valence-corrected chi connectivity index (χ2v) is 35.7. The van der Waals surface area contributed by atoms with Gasteiger partial charge in [0, 0.05) is 186 Å². The molecule has 22 rings (SSSR count). The van der Waals surface area contributed by atoms with Gasteiger partial charge in [-0.2, -0.15) is 12.1 Å². The van der Waals surface area contributed by atoms with E-state index in [0.29, 0.717) is 0 Å². The van der Waals surface area contributed by atoms with Gasteiger partial charge < -0.3 is 40.1 Å². The molecule has 9 aromatic heterocycles. The van der Waals surface area contributed by atoms with Crippen LogP contribution in [0.25, 0.3) is 152 Å². The molecular formula is C120H98Ir6N7O4S2-7. The van der Waals surface area contributed by atoms with Crippen LogP contribution in [-0.2, 0) is 136 Å². The van der Waals surface area contributed by atoms with Gasteiger partial charge in [-0.1, -0.05) is 266 Å². The molecule has 0 aliphatic heterocycles. The van der Waals surface area contributed by atoms with E-state index in [2.05, 4.69) is 261 Å². The normalized spacial score (nSPS) is 11.2. The number of hydrogen-bond donors (Lipinski definition) is 2. The second-order valence-electron chi connectivity index (χ2n) is 33.7. The first-order valence-electron chi connectivity index (χ1n) is 43.6. The molecule has 2 N–H and O–H groups in total. The Hall–Kier alpha value is -11.8. The summed E-state index contributed by atoms with van der Waals surface area (Å²) >= 11 is 3.39. The molecule has 19 heteroatoms. The van der Waals surface area contributed by atoms with Gasteiger partial charge in [-0.15, -0.1) is 200 Å². The molecule has 1 aliphatic carbocycles. The maximum absolute atomic E-state index is 11.5. The van der Waals surface area contributed by atoms with Crippen LogP contribution in [0.3, 0.4) is 0 Å². The van der Waals surface area contributed by atoms with Crippen LogP contribution in [0.15, 0.2) is 412 Å². The number of benzene rings is 12. The first-order valence-corrected chi connectivity index (χ1v) is 45.3. The van der Waals surface area contributed by atoms with Crippen molar-refractivity contribution in [1.29, 1.82) is 0 Å². The molecular weight excluding hydrogens is 2820 g/mol. The molecule has 0 unspecified atom stereocenters. The van der Waals surface area contributed by atoms with E-state index in [9.17, 15) is 14.7 Å². The molecule has 0 saturated heterocycles. The number of thiophene rings is 2. The summed E-state index contributed by atoms with van der Waals surface area (Å²) in [6.07, 6.45) is 13.5. The number of nitrogens with zero attached hydrogens (tertiary/aromatic N) is 7. The molecule has 0 spiro atoms. The van der Waals surface area contributed by atoms with Crippen molar-refractivity contribution in [3.8, 4) is 77.2 Å². The third-order valence-electron chi connectivity index (χ3n) is 21.5. The Balaban J connectivity index is 0.000000194. The SMILES string of the molecule is CC(=O)C=C(C)O.CC(C)(C)C(=O)C=C(O)C(C)(C)C.CC1(C)c2ccccc2-c2c[c-]c(-c3nccc4ccccc34)cc21.[Ir].[Ir].[Ir].[Ir].[Ir].[Ir].[c-]1c(-c2ccc(-c3ccccc3)cn2)sc2ccccc12.[c-]1cccc2ccc3cccnc3c12.[c-]1cccc2ccc3cccnc3c12.[c-]1ccccc1-c1ccc2ccccc2n1.[c-]1ccccc1-c1ccccn1.[c-]1ccsc1-c1ccccn1. The fraction of sp³-hybridized carbons (Fsp3) is 0.108. The van der Waals surface area contributed by atoms with Crippen molar-refractivity contribution in [2.75, 3.05) is 0 Å².